The molecule has 0 atom stereocenters. The average molecular weight is 388 g/mol. The summed E-state index contributed by atoms with van der Waals surface area (Å²) in [6.45, 7) is 1.70. The minimum Gasteiger partial charge on any atom is -0.493 e. The first-order valence-electron chi connectivity index (χ1n) is 9.31. The van der Waals surface area contributed by atoms with E-state index in [1.54, 1.807) is 12.3 Å². The Bertz CT molecular complexity index is 1200. The van der Waals surface area contributed by atoms with Crippen LogP contribution in [0.1, 0.15) is 23.7 Å². The number of carbonyl (C=O) groups is 1. The highest BCUT2D eigenvalue weighted by atomic mass is 16.3. The number of aromatic nitrogens is 2. The molecule has 2 aromatic carbocycles. The van der Waals surface area contributed by atoms with Crippen LogP contribution in [0.15, 0.2) is 58.3 Å². The number of aliphatic imine (C=N–C) groups is 1. The molecule has 0 bridgehead atoms. The normalized spacial score (nSPS) is 13.6. The number of allylic oxidation sites excluding steroid dienone is 1. The second kappa shape index (κ2) is 7.63. The minimum atomic E-state index is -0.559. The predicted molar refractivity (Wildman–Crippen MR) is 114 cm³/mol. The Morgan fingerprint density at radius 3 is 2.79 bits per heavy atom. The van der Waals surface area contributed by atoms with E-state index < -0.39 is 11.6 Å². The van der Waals surface area contributed by atoms with E-state index in [2.05, 4.69) is 15.3 Å². The molecule has 146 valence electrons. The van der Waals surface area contributed by atoms with E-state index in [-0.39, 0.29) is 18.1 Å². The van der Waals surface area contributed by atoms with Crippen LogP contribution in [0.25, 0.3) is 11.6 Å². The number of hydrogen-bond acceptors (Lipinski definition) is 4. The molecule has 29 heavy (non-hydrogen) atoms. The van der Waals surface area contributed by atoms with E-state index in [4.69, 9.17) is 0 Å². The van der Waals surface area contributed by atoms with E-state index in [0.717, 1.165) is 33.4 Å². The molecule has 1 aliphatic heterocycles. The first-order valence-corrected chi connectivity index (χ1v) is 9.31. The number of fused-ring (bicyclic) bond motifs is 1. The molecule has 2 heterocycles. The summed E-state index contributed by atoms with van der Waals surface area (Å²) in [7, 11) is 0. The Hall–Kier alpha value is -3.87. The molecule has 3 N–H and O–H groups in total. The van der Waals surface area contributed by atoms with Gasteiger partial charge in [0.25, 0.3) is 0 Å². The number of H-pyrrole nitrogens is 1. The fourth-order valence-electron chi connectivity index (χ4n) is 3.32. The number of anilines is 1. The number of nitrogens with zero attached hydrogens (tertiary/aromatic N) is 2. The van der Waals surface area contributed by atoms with Crippen molar-refractivity contribution in [2.75, 3.05) is 5.32 Å². The van der Waals surface area contributed by atoms with Crippen LogP contribution in [0.3, 0.4) is 0 Å². The Morgan fingerprint density at radius 1 is 1.21 bits per heavy atom. The Kier molecular flexibility index (Phi) is 4.87. The van der Waals surface area contributed by atoms with Gasteiger partial charge >= 0.3 is 5.69 Å². The third-order valence-corrected chi connectivity index (χ3v) is 4.82. The highest BCUT2D eigenvalue weighted by Crippen LogP contribution is 2.32. The van der Waals surface area contributed by atoms with E-state index >= 15 is 0 Å². The minimum absolute atomic E-state index is 0.231. The van der Waals surface area contributed by atoms with Crippen LogP contribution in [-0.4, -0.2) is 26.8 Å². The highest BCUT2D eigenvalue weighted by Gasteiger charge is 2.17. The van der Waals surface area contributed by atoms with Gasteiger partial charge in [0.2, 0.25) is 11.8 Å². The zero-order valence-corrected chi connectivity index (χ0v) is 15.8. The molecule has 0 fully saturated rings. The van der Waals surface area contributed by atoms with Gasteiger partial charge in [-0.3, -0.25) is 14.4 Å². The van der Waals surface area contributed by atoms with E-state index in [1.807, 2.05) is 55.5 Å². The summed E-state index contributed by atoms with van der Waals surface area (Å²) in [4.78, 5) is 31.6. The number of nitrogens with one attached hydrogen (secondary N) is 2. The molecule has 1 aromatic heterocycles. The summed E-state index contributed by atoms with van der Waals surface area (Å²) in [6, 6.07) is 15.1. The van der Waals surface area contributed by atoms with Crippen molar-refractivity contribution in [2.45, 2.75) is 19.9 Å². The summed E-state index contributed by atoms with van der Waals surface area (Å²) in [6.07, 6.45) is 4.09. The molecule has 1 aliphatic rings. The van der Waals surface area contributed by atoms with Gasteiger partial charge in [-0.15, -0.1) is 0 Å². The number of benzene rings is 2. The summed E-state index contributed by atoms with van der Waals surface area (Å²) < 4.78 is 1.01. The lowest BCUT2D eigenvalue weighted by atomic mass is 10.1. The Labute approximate surface area is 167 Å². The van der Waals surface area contributed by atoms with Gasteiger partial charge in [0, 0.05) is 23.0 Å². The highest BCUT2D eigenvalue weighted by molar-refractivity contribution is 6.21. The van der Waals surface area contributed by atoms with Gasteiger partial charge in [-0.25, -0.2) is 4.79 Å². The topological polar surface area (TPSA) is 99.5 Å². The number of para-hydroxylation sites is 2. The third-order valence-electron chi connectivity index (χ3n) is 4.82. The van der Waals surface area contributed by atoms with Gasteiger partial charge in [0.15, 0.2) is 0 Å². The molecular formula is C22H20N4O3. The van der Waals surface area contributed by atoms with Gasteiger partial charge in [-0.05, 0) is 30.2 Å². The van der Waals surface area contributed by atoms with Gasteiger partial charge in [-0.2, -0.15) is 0 Å². The van der Waals surface area contributed by atoms with Crippen LogP contribution in [0.4, 0.5) is 11.4 Å². The second-order valence-corrected chi connectivity index (χ2v) is 6.69. The number of aryl methyl sites for hydroxylation is 1. The standard InChI is InChI=1S/C22H20N4O3/c1-2-14-7-3-5-9-17(14)24-20(27)13-26-21(28)19(25-22(26)29)11-15-12-23-18-10-6-4-8-16(15)18/h3-12,28H,2,13H2,1H3,(H,24,27)(H,25,29). The van der Waals surface area contributed by atoms with Crippen LogP contribution >= 0.6 is 0 Å². The Balaban J connectivity index is 1.57. The molecule has 7 nitrogen and oxygen atoms in total. The zero-order valence-electron chi connectivity index (χ0n) is 15.8. The van der Waals surface area contributed by atoms with Gasteiger partial charge < -0.3 is 15.4 Å². The van der Waals surface area contributed by atoms with Gasteiger partial charge in [-0.1, -0.05) is 43.3 Å². The van der Waals surface area contributed by atoms with Crippen molar-refractivity contribution in [1.29, 1.82) is 0 Å². The molecule has 7 heteroatoms. The molecule has 0 radical (unpaired) electrons. The molecule has 0 aliphatic carbocycles. The van der Waals surface area contributed by atoms with Crippen LogP contribution in [0.5, 0.6) is 5.88 Å². The largest absolute Gasteiger partial charge is 0.493 e. The van der Waals surface area contributed by atoms with Crippen LogP contribution < -0.4 is 11.0 Å². The first-order chi connectivity index (χ1) is 14.1. The average Bonchev–Trinajstić information content (AvgIpc) is 3.25. The molecular weight excluding hydrogens is 368 g/mol. The van der Waals surface area contributed by atoms with Crippen molar-refractivity contribution in [3.8, 4) is 5.88 Å². The third kappa shape index (κ3) is 3.62. The summed E-state index contributed by atoms with van der Waals surface area (Å²) in [5, 5.41) is 13.3. The maximum Gasteiger partial charge on any atom is 0.329 e. The van der Waals surface area contributed by atoms with Crippen LogP contribution in [-0.2, 0) is 17.8 Å². The smallest absolute Gasteiger partial charge is 0.329 e. The van der Waals surface area contributed by atoms with Gasteiger partial charge in [0.1, 0.15) is 12.2 Å². The van der Waals surface area contributed by atoms with E-state index in [1.165, 1.54) is 0 Å². The maximum atomic E-state index is 12.4. The number of rotatable bonds is 5. The number of aromatic amines is 1. The van der Waals surface area contributed by atoms with E-state index in [9.17, 15) is 14.7 Å². The quantitative estimate of drug-likeness (QED) is 0.625. The fraction of sp³-hybridized carbons (Fsp3) is 0.136. The number of carbonyl (C=O) groups excluding carboxylic acids is 1. The van der Waals surface area contributed by atoms with Crippen molar-refractivity contribution in [3.63, 3.8) is 0 Å². The first kappa shape index (κ1) is 18.5. The lowest BCUT2D eigenvalue weighted by molar-refractivity contribution is -0.116. The molecule has 3 aromatic rings. The second-order valence-electron chi connectivity index (χ2n) is 6.69. The van der Waals surface area contributed by atoms with Gasteiger partial charge in [0.05, 0.1) is 5.69 Å². The SMILES string of the molecule is CCc1ccccc1NC(=O)Cn1c(O)c(C=C2C=Nc3ccccc32)[nH]c1=O. The van der Waals surface area contributed by atoms with Crippen LogP contribution in [0, 0.1) is 0 Å². The van der Waals surface area contributed by atoms with E-state index in [0.29, 0.717) is 5.69 Å². The van der Waals surface area contributed by atoms with Crippen molar-refractivity contribution in [1.82, 2.24) is 9.55 Å². The number of aromatic hydroxyl groups is 1. The molecule has 0 unspecified atom stereocenters. The predicted octanol–water partition coefficient (Wildman–Crippen LogP) is 3.34. The van der Waals surface area contributed by atoms with Crippen molar-refractivity contribution in [3.05, 3.63) is 75.8 Å². The monoisotopic (exact) mass is 388 g/mol. The van der Waals surface area contributed by atoms with Crippen molar-refractivity contribution in [2.24, 2.45) is 4.99 Å². The summed E-state index contributed by atoms with van der Waals surface area (Å²) in [5.41, 5.74) is 3.88. The maximum absolute atomic E-state index is 12.4. The lowest BCUT2D eigenvalue weighted by Gasteiger charge is -2.10. The zero-order chi connectivity index (χ0) is 20.4. The van der Waals surface area contributed by atoms with Crippen molar-refractivity contribution < 1.29 is 9.90 Å². The Morgan fingerprint density at radius 2 is 1.97 bits per heavy atom. The molecule has 4 rings (SSSR count). The summed E-state index contributed by atoms with van der Waals surface area (Å²) in [5.74, 6) is -0.687. The number of amides is 1. The summed E-state index contributed by atoms with van der Waals surface area (Å²) >= 11 is 0. The molecule has 0 saturated heterocycles. The molecule has 0 spiro atoms. The number of imidazole rings is 1. The van der Waals surface area contributed by atoms with Crippen molar-refractivity contribution >= 4 is 35.1 Å². The molecule has 0 saturated carbocycles. The fourth-order valence-corrected chi connectivity index (χ4v) is 3.32. The van der Waals surface area contributed by atoms with Crippen LogP contribution in [0.2, 0.25) is 0 Å². The molecule has 1 amide bonds. The number of hydrogen-bond donors (Lipinski definition) is 3. The lowest BCUT2D eigenvalue weighted by Crippen LogP contribution is -2.26.